The Hall–Kier alpha value is -2.55. The van der Waals surface area contributed by atoms with Gasteiger partial charge in [0.15, 0.2) is 16.8 Å². The van der Waals surface area contributed by atoms with Gasteiger partial charge in [-0.05, 0) is 32.8 Å². The van der Waals surface area contributed by atoms with E-state index in [4.69, 9.17) is 5.73 Å². The van der Waals surface area contributed by atoms with Gasteiger partial charge in [0.1, 0.15) is 5.69 Å². The first-order valence-electron chi connectivity index (χ1n) is 9.32. The number of hydrogen-bond acceptors (Lipinski definition) is 6. The number of nitrogens with two attached hydrogens (primary N) is 1. The summed E-state index contributed by atoms with van der Waals surface area (Å²) >= 11 is 1.51. The van der Waals surface area contributed by atoms with Crippen molar-refractivity contribution in [2.75, 3.05) is 5.32 Å². The summed E-state index contributed by atoms with van der Waals surface area (Å²) in [4.78, 5) is 25.0. The molecule has 0 unspecified atom stereocenters. The molecule has 9 heteroatoms. The monoisotopic (exact) mass is 417 g/mol. The number of benzene rings is 1. The number of aromatic nitrogens is 2. The van der Waals surface area contributed by atoms with Crippen LogP contribution < -0.4 is 11.1 Å². The number of carbonyl (C=O) groups is 1. The molecule has 3 N–H and O–H groups in total. The number of rotatable bonds is 4. The van der Waals surface area contributed by atoms with E-state index in [0.717, 1.165) is 18.9 Å². The third-order valence-corrected chi connectivity index (χ3v) is 7.24. The molecule has 1 aliphatic heterocycles. The van der Waals surface area contributed by atoms with Crippen LogP contribution in [0.25, 0.3) is 0 Å². The fraction of sp³-hybridized carbons (Fsp3) is 0.400. The molecule has 2 aliphatic rings. The van der Waals surface area contributed by atoms with Gasteiger partial charge in [0, 0.05) is 34.2 Å². The molecule has 1 aromatic heterocycles. The second-order valence-electron chi connectivity index (χ2n) is 7.69. The van der Waals surface area contributed by atoms with Crippen LogP contribution in [0.5, 0.6) is 0 Å². The number of hydrogen-bond donors (Lipinski definition) is 2. The van der Waals surface area contributed by atoms with E-state index in [-0.39, 0.29) is 27.6 Å². The lowest BCUT2D eigenvalue weighted by Gasteiger charge is -2.34. The molecule has 0 saturated heterocycles. The Morgan fingerprint density at radius 2 is 2.10 bits per heavy atom. The zero-order valence-corrected chi connectivity index (χ0v) is 17.1. The Bertz CT molecular complexity index is 1030. The highest BCUT2D eigenvalue weighted by molar-refractivity contribution is 8.15. The molecule has 1 amide bonds. The van der Waals surface area contributed by atoms with E-state index >= 15 is 0 Å². The number of aliphatic imine (C=N–C) groups is 1. The fourth-order valence-electron chi connectivity index (χ4n) is 4.09. The van der Waals surface area contributed by atoms with Crippen LogP contribution in [0.1, 0.15) is 48.4 Å². The topological polar surface area (TPSA) is 93.3 Å². The lowest BCUT2D eigenvalue weighted by molar-refractivity contribution is 0.102. The molecule has 2 aromatic rings. The van der Waals surface area contributed by atoms with Gasteiger partial charge in [-0.15, -0.1) is 0 Å². The smallest absolute Gasteiger partial charge is 0.275 e. The highest BCUT2D eigenvalue weighted by Crippen LogP contribution is 2.67. The predicted octanol–water partition coefficient (Wildman–Crippen LogP) is 3.76. The zero-order valence-electron chi connectivity index (χ0n) is 16.3. The number of fused-ring (bicyclic) bond motifs is 1. The molecule has 0 spiro atoms. The van der Waals surface area contributed by atoms with Crippen molar-refractivity contribution in [3.05, 3.63) is 53.1 Å². The Labute approximate surface area is 171 Å². The first-order chi connectivity index (χ1) is 13.7. The maximum Gasteiger partial charge on any atom is 0.275 e. The summed E-state index contributed by atoms with van der Waals surface area (Å²) in [5.41, 5.74) is 6.00. The number of aryl methyl sites for hydroxylation is 1. The molecule has 1 aromatic carbocycles. The van der Waals surface area contributed by atoms with Crippen LogP contribution >= 0.6 is 11.8 Å². The number of amides is 1. The number of thioether (sulfide) groups is 1. The molecule has 0 bridgehead atoms. The van der Waals surface area contributed by atoms with E-state index in [1.807, 2.05) is 0 Å². The van der Waals surface area contributed by atoms with E-state index in [1.54, 1.807) is 13.8 Å². The van der Waals surface area contributed by atoms with Crippen molar-refractivity contribution in [3.63, 3.8) is 0 Å². The van der Waals surface area contributed by atoms with E-state index in [9.17, 15) is 13.6 Å². The molecule has 1 fully saturated rings. The highest BCUT2D eigenvalue weighted by atomic mass is 32.2. The Morgan fingerprint density at radius 1 is 1.34 bits per heavy atom. The van der Waals surface area contributed by atoms with Gasteiger partial charge in [-0.25, -0.2) is 13.8 Å². The van der Waals surface area contributed by atoms with Gasteiger partial charge in [0.2, 0.25) is 0 Å². The first kappa shape index (κ1) is 19.8. The summed E-state index contributed by atoms with van der Waals surface area (Å²) in [7, 11) is 0. The van der Waals surface area contributed by atoms with Gasteiger partial charge in [-0.2, -0.15) is 0 Å². The third kappa shape index (κ3) is 3.27. The van der Waals surface area contributed by atoms with E-state index < -0.39 is 23.1 Å². The largest absolute Gasteiger partial charge is 0.378 e. The molecule has 29 heavy (non-hydrogen) atoms. The fourth-order valence-corrected chi connectivity index (χ4v) is 5.51. The Balaban J connectivity index is 1.70. The summed E-state index contributed by atoms with van der Waals surface area (Å²) in [5.74, 6) is -2.54. The molecular weight excluding hydrogens is 396 g/mol. The quantitative estimate of drug-likeness (QED) is 0.790. The summed E-state index contributed by atoms with van der Waals surface area (Å²) in [6.07, 6.45) is 4.48. The SMILES string of the molecule is CC[C@]12C[C@H]1[C@@](C)(c1cc(NC(=O)c3cnc(C)cn3)cc(F)c1F)N=C(N)S2. The first-order valence-corrected chi connectivity index (χ1v) is 10.1. The average molecular weight is 417 g/mol. The Kier molecular flexibility index (Phi) is 4.60. The average Bonchev–Trinajstić information content (AvgIpc) is 3.41. The number of nitrogens with zero attached hydrogens (tertiary/aromatic N) is 3. The van der Waals surface area contributed by atoms with Crippen molar-refractivity contribution in [2.45, 2.75) is 43.9 Å². The van der Waals surface area contributed by atoms with Crippen LogP contribution in [-0.2, 0) is 5.54 Å². The number of anilines is 1. The van der Waals surface area contributed by atoms with Crippen LogP contribution in [0.3, 0.4) is 0 Å². The molecule has 1 saturated carbocycles. The van der Waals surface area contributed by atoms with Gasteiger partial charge in [-0.1, -0.05) is 18.7 Å². The molecule has 6 nitrogen and oxygen atoms in total. The van der Waals surface area contributed by atoms with Crippen LogP contribution in [-0.4, -0.2) is 25.8 Å². The van der Waals surface area contributed by atoms with Gasteiger partial charge in [-0.3, -0.25) is 14.8 Å². The summed E-state index contributed by atoms with van der Waals surface area (Å²) < 4.78 is 29.2. The zero-order chi connectivity index (χ0) is 21.0. The molecule has 0 radical (unpaired) electrons. The second kappa shape index (κ2) is 6.76. The van der Waals surface area contributed by atoms with Gasteiger partial charge < -0.3 is 11.1 Å². The summed E-state index contributed by atoms with van der Waals surface area (Å²) in [6, 6.07) is 2.38. The van der Waals surface area contributed by atoms with Gasteiger partial charge in [0.05, 0.1) is 17.4 Å². The second-order valence-corrected chi connectivity index (χ2v) is 9.13. The van der Waals surface area contributed by atoms with Crippen molar-refractivity contribution in [1.29, 1.82) is 0 Å². The van der Waals surface area contributed by atoms with E-state index in [1.165, 1.54) is 30.2 Å². The molecule has 2 heterocycles. The third-order valence-electron chi connectivity index (χ3n) is 5.80. The molecule has 3 atom stereocenters. The standard InChI is InChI=1S/C20H21F2N5OS/c1-4-20-7-15(20)19(3,27-18(23)29-20)12-5-11(6-13(21)16(12)22)26-17(28)14-9-24-10(2)8-25-14/h5-6,8-9,15H,4,7H2,1-3H3,(H2,23,27)(H,26,28)/t15-,19+,20-/m0/s1. The number of nitrogens with one attached hydrogen (secondary N) is 1. The predicted molar refractivity (Wildman–Crippen MR) is 109 cm³/mol. The highest BCUT2D eigenvalue weighted by Gasteiger charge is 2.65. The van der Waals surface area contributed by atoms with Crippen LogP contribution in [0, 0.1) is 24.5 Å². The van der Waals surface area contributed by atoms with E-state index in [2.05, 4.69) is 27.2 Å². The summed E-state index contributed by atoms with van der Waals surface area (Å²) in [6.45, 7) is 5.58. The minimum atomic E-state index is -1.05. The number of carbonyl (C=O) groups excluding carboxylic acids is 1. The lowest BCUT2D eigenvalue weighted by Crippen LogP contribution is -2.36. The minimum Gasteiger partial charge on any atom is -0.378 e. The lowest BCUT2D eigenvalue weighted by atomic mass is 9.85. The van der Waals surface area contributed by atoms with Crippen molar-refractivity contribution < 1.29 is 13.6 Å². The van der Waals surface area contributed by atoms with Crippen molar-refractivity contribution in [1.82, 2.24) is 9.97 Å². The number of halogens is 2. The van der Waals surface area contributed by atoms with Gasteiger partial charge in [0.25, 0.3) is 5.91 Å². The van der Waals surface area contributed by atoms with Crippen LogP contribution in [0.15, 0.2) is 29.5 Å². The molecule has 1 aliphatic carbocycles. The van der Waals surface area contributed by atoms with Crippen molar-refractivity contribution >= 4 is 28.5 Å². The minimum absolute atomic E-state index is 0.0418. The van der Waals surface area contributed by atoms with Crippen molar-refractivity contribution in [2.24, 2.45) is 16.6 Å². The molecule has 152 valence electrons. The van der Waals surface area contributed by atoms with Crippen LogP contribution in [0.2, 0.25) is 0 Å². The number of amidine groups is 1. The van der Waals surface area contributed by atoms with E-state index in [0.29, 0.717) is 10.9 Å². The normalized spacial score (nSPS) is 27.8. The van der Waals surface area contributed by atoms with Gasteiger partial charge >= 0.3 is 0 Å². The maximum absolute atomic E-state index is 14.8. The molecular formula is C20H21F2N5OS. The van der Waals surface area contributed by atoms with Crippen molar-refractivity contribution in [3.8, 4) is 0 Å². The summed E-state index contributed by atoms with van der Waals surface area (Å²) in [5, 5.41) is 2.94. The van der Waals surface area contributed by atoms with Crippen LogP contribution in [0.4, 0.5) is 14.5 Å². The maximum atomic E-state index is 14.8. The Morgan fingerprint density at radius 3 is 2.76 bits per heavy atom. The molecule has 4 rings (SSSR count).